The third kappa shape index (κ3) is 1.45. The van der Waals surface area contributed by atoms with Crippen LogP contribution in [0.1, 0.15) is 25.0 Å². The molecule has 1 heteroatoms. The van der Waals surface area contributed by atoms with Gasteiger partial charge in [-0.1, -0.05) is 50.2 Å². The molecule has 0 spiro atoms. The largest absolute Gasteiger partial charge is 0.164 e. The second kappa shape index (κ2) is 3.64. The molecule has 17 heavy (non-hydrogen) atoms. The number of benzene rings is 2. The predicted octanol–water partition coefficient (Wildman–Crippen LogP) is 3.99. The molecule has 2 aromatic rings. The van der Waals surface area contributed by atoms with Crippen molar-refractivity contribution in [2.24, 2.45) is 0 Å². The molecule has 0 bridgehead atoms. The number of hydrogen-bond donors (Lipinski definition) is 0. The molecule has 1 aliphatic rings. The van der Waals surface area contributed by atoms with Gasteiger partial charge in [0, 0.05) is 16.5 Å². The maximum Gasteiger partial charge on any atom is 0.164 e. The lowest BCUT2D eigenvalue weighted by atomic mass is 9.78. The molecule has 2 aromatic carbocycles. The molecule has 0 saturated heterocycles. The molecule has 3 rings (SSSR count). The van der Waals surface area contributed by atoms with Gasteiger partial charge in [0.05, 0.1) is 10.9 Å². The first kappa shape index (κ1) is 10.9. The fourth-order valence-electron chi connectivity index (χ4n) is 2.76. The number of hydrogen-bond acceptors (Lipinski definition) is 0. The highest BCUT2D eigenvalue weighted by Gasteiger charge is 2.41. The van der Waals surface area contributed by atoms with Gasteiger partial charge in [-0.25, -0.2) is 0 Å². The zero-order chi connectivity index (χ0) is 12.0. The van der Waals surface area contributed by atoms with Crippen LogP contribution in [0.15, 0.2) is 58.3 Å². The molecule has 86 valence electrons. The topological polar surface area (TPSA) is 0 Å². The summed E-state index contributed by atoms with van der Waals surface area (Å²) in [6.45, 7) is 4.67. The standard InChI is InChI=1S/C16H17S/c1-16(2)12-8-4-6-10-14(12)17(3)15-11-7-5-9-13(15)16/h4-11H,1-3H3/q+1. The Hall–Kier alpha value is -1.21. The van der Waals surface area contributed by atoms with Gasteiger partial charge in [0.25, 0.3) is 0 Å². The van der Waals surface area contributed by atoms with Crippen LogP contribution < -0.4 is 0 Å². The summed E-state index contributed by atoms with van der Waals surface area (Å²) in [6, 6.07) is 17.8. The van der Waals surface area contributed by atoms with Crippen LogP contribution in [0.2, 0.25) is 0 Å². The minimum Gasteiger partial charge on any atom is -0.0616 e. The van der Waals surface area contributed by atoms with Gasteiger partial charge >= 0.3 is 0 Å². The highest BCUT2D eigenvalue weighted by molar-refractivity contribution is 7.96. The van der Waals surface area contributed by atoms with Gasteiger partial charge in [0.15, 0.2) is 9.79 Å². The van der Waals surface area contributed by atoms with E-state index < -0.39 is 0 Å². The molecule has 0 atom stereocenters. The van der Waals surface area contributed by atoms with E-state index in [0.717, 1.165) is 0 Å². The predicted molar refractivity (Wildman–Crippen MR) is 74.8 cm³/mol. The van der Waals surface area contributed by atoms with Crippen molar-refractivity contribution < 1.29 is 0 Å². The maximum atomic E-state index is 2.34. The summed E-state index contributed by atoms with van der Waals surface area (Å²) >= 11 is 0. The van der Waals surface area contributed by atoms with Crippen LogP contribution in [-0.2, 0) is 16.3 Å². The van der Waals surface area contributed by atoms with Gasteiger partial charge in [-0.05, 0) is 12.1 Å². The van der Waals surface area contributed by atoms with Crippen LogP contribution in [0.5, 0.6) is 0 Å². The molecule has 0 fully saturated rings. The zero-order valence-electron chi connectivity index (χ0n) is 10.5. The molecule has 0 aromatic heterocycles. The second-order valence-corrected chi connectivity index (χ2v) is 7.03. The Bertz CT molecular complexity index is 520. The average Bonchev–Trinajstić information content (AvgIpc) is 2.37. The Morgan fingerprint density at radius 1 is 0.765 bits per heavy atom. The van der Waals surface area contributed by atoms with Crippen molar-refractivity contribution in [3.05, 3.63) is 59.7 Å². The van der Waals surface area contributed by atoms with Crippen molar-refractivity contribution >= 4 is 10.9 Å². The van der Waals surface area contributed by atoms with Gasteiger partial charge in [0.2, 0.25) is 0 Å². The van der Waals surface area contributed by atoms with Gasteiger partial charge in [-0.3, -0.25) is 0 Å². The fourth-order valence-corrected chi connectivity index (χ4v) is 4.87. The molecule has 0 saturated carbocycles. The highest BCUT2D eigenvalue weighted by atomic mass is 32.2. The fraction of sp³-hybridized carbons (Fsp3) is 0.250. The van der Waals surface area contributed by atoms with E-state index in [2.05, 4.69) is 68.6 Å². The Labute approximate surface area is 106 Å². The first-order valence-corrected chi connectivity index (χ1v) is 7.60. The normalized spacial score (nSPS) is 17.4. The SMILES string of the molecule is C[S+]1c2ccccc2C(C)(C)c2ccccc21. The van der Waals surface area contributed by atoms with Crippen LogP contribution in [-0.4, -0.2) is 6.26 Å². The molecule has 0 unspecified atom stereocenters. The van der Waals surface area contributed by atoms with Crippen molar-refractivity contribution in [2.75, 3.05) is 6.26 Å². The minimum atomic E-state index is 0.132. The lowest BCUT2D eigenvalue weighted by Crippen LogP contribution is -2.29. The smallest absolute Gasteiger partial charge is 0.0616 e. The molecular weight excluding hydrogens is 224 g/mol. The van der Waals surface area contributed by atoms with Gasteiger partial charge in [0.1, 0.15) is 6.26 Å². The quantitative estimate of drug-likeness (QED) is 0.612. The van der Waals surface area contributed by atoms with Crippen LogP contribution in [0.25, 0.3) is 0 Å². The Kier molecular flexibility index (Phi) is 2.34. The lowest BCUT2D eigenvalue weighted by Gasteiger charge is -2.32. The molecule has 0 N–H and O–H groups in total. The van der Waals surface area contributed by atoms with Gasteiger partial charge < -0.3 is 0 Å². The minimum absolute atomic E-state index is 0.132. The third-order valence-corrected chi connectivity index (χ3v) is 5.81. The van der Waals surface area contributed by atoms with Crippen LogP contribution in [0, 0.1) is 0 Å². The van der Waals surface area contributed by atoms with Crippen LogP contribution >= 0.6 is 0 Å². The van der Waals surface area contributed by atoms with Crippen LogP contribution in [0.4, 0.5) is 0 Å². The van der Waals surface area contributed by atoms with Crippen molar-refractivity contribution in [1.29, 1.82) is 0 Å². The van der Waals surface area contributed by atoms with Crippen molar-refractivity contribution in [1.82, 2.24) is 0 Å². The molecule has 1 heterocycles. The van der Waals surface area contributed by atoms with Gasteiger partial charge in [-0.15, -0.1) is 0 Å². The highest BCUT2D eigenvalue weighted by Crippen LogP contribution is 2.45. The summed E-state index contributed by atoms with van der Waals surface area (Å²) in [5.74, 6) is 0. The van der Waals surface area contributed by atoms with Crippen molar-refractivity contribution in [3.8, 4) is 0 Å². The Balaban J connectivity index is 2.34. The van der Waals surface area contributed by atoms with Gasteiger partial charge in [-0.2, -0.15) is 0 Å². The van der Waals surface area contributed by atoms with Crippen LogP contribution in [0.3, 0.4) is 0 Å². The molecule has 0 radical (unpaired) electrons. The van der Waals surface area contributed by atoms with Crippen molar-refractivity contribution in [2.45, 2.75) is 29.1 Å². The van der Waals surface area contributed by atoms with E-state index in [1.165, 1.54) is 20.9 Å². The van der Waals surface area contributed by atoms with E-state index in [1.807, 2.05) is 0 Å². The van der Waals surface area contributed by atoms with E-state index in [9.17, 15) is 0 Å². The Morgan fingerprint density at radius 3 is 1.65 bits per heavy atom. The summed E-state index contributed by atoms with van der Waals surface area (Å²) in [6.07, 6.45) is 2.34. The monoisotopic (exact) mass is 241 g/mol. The summed E-state index contributed by atoms with van der Waals surface area (Å²) in [7, 11) is 0.213. The molecule has 0 amide bonds. The average molecular weight is 241 g/mol. The summed E-state index contributed by atoms with van der Waals surface area (Å²) in [5.41, 5.74) is 3.11. The number of fused-ring (bicyclic) bond motifs is 2. The zero-order valence-corrected chi connectivity index (χ0v) is 11.3. The van der Waals surface area contributed by atoms with E-state index in [-0.39, 0.29) is 16.3 Å². The summed E-state index contributed by atoms with van der Waals surface area (Å²) in [4.78, 5) is 3.02. The number of rotatable bonds is 0. The third-order valence-electron chi connectivity index (χ3n) is 3.78. The second-order valence-electron chi connectivity index (χ2n) is 5.13. The molecule has 0 nitrogen and oxygen atoms in total. The van der Waals surface area contributed by atoms with E-state index >= 15 is 0 Å². The first-order valence-electron chi connectivity index (χ1n) is 5.97. The summed E-state index contributed by atoms with van der Waals surface area (Å²) < 4.78 is 0. The van der Waals surface area contributed by atoms with E-state index in [4.69, 9.17) is 0 Å². The summed E-state index contributed by atoms with van der Waals surface area (Å²) in [5, 5.41) is 0. The van der Waals surface area contributed by atoms with Crippen molar-refractivity contribution in [3.63, 3.8) is 0 Å². The molecule has 1 aliphatic heterocycles. The Morgan fingerprint density at radius 2 is 1.18 bits per heavy atom. The first-order chi connectivity index (χ1) is 8.12. The van der Waals surface area contributed by atoms with E-state index in [1.54, 1.807) is 0 Å². The van der Waals surface area contributed by atoms with E-state index in [0.29, 0.717) is 0 Å². The molecular formula is C16H17S+. The lowest BCUT2D eigenvalue weighted by molar-refractivity contribution is 0.605. The maximum absolute atomic E-state index is 2.34. The molecule has 0 aliphatic carbocycles.